The normalized spacial score (nSPS) is 56.9. The van der Waals surface area contributed by atoms with Gasteiger partial charge in [-0.3, -0.25) is 4.79 Å². The topological polar surface area (TPSA) is 37.3 Å². The highest BCUT2D eigenvalue weighted by atomic mass is 16.3. The molecule has 3 fully saturated rings. The van der Waals surface area contributed by atoms with E-state index in [1.165, 1.54) is 0 Å². The van der Waals surface area contributed by atoms with Crippen LogP contribution in [-0.2, 0) is 4.79 Å². The van der Waals surface area contributed by atoms with Gasteiger partial charge < -0.3 is 5.11 Å². The molecule has 0 aliphatic heterocycles. The van der Waals surface area contributed by atoms with E-state index >= 15 is 0 Å². The smallest absolute Gasteiger partial charge is 0.158 e. The molecule has 0 aromatic heterocycles. The van der Waals surface area contributed by atoms with Gasteiger partial charge in [-0.15, -0.1) is 0 Å². The molecule has 22 heavy (non-hydrogen) atoms. The van der Waals surface area contributed by atoms with Gasteiger partial charge in [0, 0.05) is 10.5 Å². The molecule has 122 valence electrons. The molecule has 0 spiro atoms. The summed E-state index contributed by atoms with van der Waals surface area (Å²) in [6.45, 7) is 2.17. The van der Waals surface area contributed by atoms with Crippen molar-refractivity contribution < 1.29 is 14.0 Å². The highest BCUT2D eigenvalue weighted by Crippen LogP contribution is 2.65. The Morgan fingerprint density at radius 3 is 2.77 bits per heavy atom. The summed E-state index contributed by atoms with van der Waals surface area (Å²) < 4.78 is 23.3. The molecule has 4 aliphatic rings. The molecular formula is C20H30O2. The van der Waals surface area contributed by atoms with E-state index in [4.69, 9.17) is 4.11 Å². The van der Waals surface area contributed by atoms with Crippen molar-refractivity contribution in [1.29, 1.82) is 0 Å². The van der Waals surface area contributed by atoms with Crippen LogP contribution in [0.5, 0.6) is 0 Å². The largest absolute Gasteiger partial charge is 0.393 e. The number of Topliss-reactive ketones (excluding diaryl/α,β-unsaturated/α-hetero) is 1. The number of allylic oxidation sites excluding steroid dienone is 2. The van der Waals surface area contributed by atoms with Crippen LogP contribution in [0.2, 0.25) is 0 Å². The number of aliphatic hydroxyl groups excluding tert-OH is 1. The number of carbonyl (C=O) groups excluding carboxylic acids is 1. The van der Waals surface area contributed by atoms with Gasteiger partial charge in [-0.25, -0.2) is 0 Å². The Kier molecular flexibility index (Phi) is 2.52. The monoisotopic (exact) mass is 305 g/mol. The fourth-order valence-electron chi connectivity index (χ4n) is 6.71. The average molecular weight is 305 g/mol. The van der Waals surface area contributed by atoms with Crippen LogP contribution in [0.25, 0.3) is 0 Å². The second-order valence-electron chi connectivity index (χ2n) is 8.84. The van der Waals surface area contributed by atoms with Gasteiger partial charge in [0.1, 0.15) is 0 Å². The van der Waals surface area contributed by atoms with E-state index in [1.54, 1.807) is 0 Å². The van der Waals surface area contributed by atoms with Gasteiger partial charge in [-0.1, -0.05) is 19.9 Å². The predicted octanol–water partition coefficient (Wildman–Crippen LogP) is 4.13. The molecule has 2 nitrogen and oxygen atoms in total. The third-order valence-electron chi connectivity index (χ3n) is 8.10. The minimum absolute atomic E-state index is 0.0332. The number of ketones is 1. The Balaban J connectivity index is 1.72. The number of fused-ring (bicyclic) bond motifs is 5. The molecule has 7 atom stereocenters. The molecule has 0 unspecified atom stereocenters. The standard InChI is InChI=1S/C20H30O2/c1-12-11-20(3)13(10-17(12)21)4-5-14-15-6-7-18(22)19(15,2)9-8-16(14)20/h11,13-16,18,22H,4-10H2,1-3H3/t13-,14-,15-,16-,18-,19-,20-/m0/s1/i1D3. The van der Waals surface area contributed by atoms with Crippen LogP contribution in [0, 0.1) is 34.5 Å². The molecule has 0 aromatic carbocycles. The maximum absolute atomic E-state index is 12.4. The molecule has 0 radical (unpaired) electrons. The molecule has 4 aliphatic carbocycles. The van der Waals surface area contributed by atoms with Crippen molar-refractivity contribution in [2.24, 2.45) is 34.5 Å². The van der Waals surface area contributed by atoms with Crippen LogP contribution in [0.3, 0.4) is 0 Å². The predicted molar refractivity (Wildman–Crippen MR) is 87.3 cm³/mol. The lowest BCUT2D eigenvalue weighted by Gasteiger charge is -2.58. The van der Waals surface area contributed by atoms with Crippen LogP contribution in [0.4, 0.5) is 0 Å². The van der Waals surface area contributed by atoms with E-state index < -0.39 is 6.85 Å². The van der Waals surface area contributed by atoms with Crippen molar-refractivity contribution in [3.63, 3.8) is 0 Å². The van der Waals surface area contributed by atoms with Crippen LogP contribution in [-0.4, -0.2) is 17.0 Å². The molecule has 2 heteroatoms. The molecule has 0 saturated heterocycles. The number of carbonyl (C=O) groups is 1. The molecular weight excluding hydrogens is 272 g/mol. The zero-order chi connectivity index (χ0) is 18.2. The van der Waals surface area contributed by atoms with E-state index in [0.29, 0.717) is 24.2 Å². The van der Waals surface area contributed by atoms with Crippen LogP contribution in [0.15, 0.2) is 11.6 Å². The van der Waals surface area contributed by atoms with Gasteiger partial charge in [-0.05, 0) is 85.5 Å². The first kappa shape index (κ1) is 11.8. The molecule has 3 saturated carbocycles. The quantitative estimate of drug-likeness (QED) is 0.731. The third-order valence-corrected chi connectivity index (χ3v) is 8.10. The molecule has 1 N–H and O–H groups in total. The fourth-order valence-corrected chi connectivity index (χ4v) is 6.71. The lowest BCUT2D eigenvalue weighted by molar-refractivity contribution is -0.125. The third kappa shape index (κ3) is 1.79. The van der Waals surface area contributed by atoms with Gasteiger partial charge in [0.2, 0.25) is 0 Å². The Hall–Kier alpha value is -0.630. The average Bonchev–Trinajstić information content (AvgIpc) is 2.82. The Bertz CT molecular complexity index is 625. The summed E-state index contributed by atoms with van der Waals surface area (Å²) in [5.41, 5.74) is -0.0763. The second kappa shape index (κ2) is 4.69. The van der Waals surface area contributed by atoms with Gasteiger partial charge in [0.25, 0.3) is 0 Å². The first-order chi connectivity index (χ1) is 11.6. The molecule has 0 amide bonds. The van der Waals surface area contributed by atoms with Crippen LogP contribution < -0.4 is 0 Å². The summed E-state index contributed by atoms with van der Waals surface area (Å²) >= 11 is 0. The van der Waals surface area contributed by atoms with Crippen molar-refractivity contribution in [3.05, 3.63) is 11.6 Å². The minimum Gasteiger partial charge on any atom is -0.393 e. The summed E-state index contributed by atoms with van der Waals surface area (Å²) in [5.74, 6) is 1.65. The van der Waals surface area contributed by atoms with Crippen molar-refractivity contribution >= 4 is 5.78 Å². The summed E-state index contributed by atoms with van der Waals surface area (Å²) in [6.07, 6.45) is 8.27. The first-order valence-corrected chi connectivity index (χ1v) is 9.02. The van der Waals surface area contributed by atoms with Gasteiger partial charge in [0.05, 0.1) is 6.10 Å². The van der Waals surface area contributed by atoms with E-state index in [2.05, 4.69) is 13.8 Å². The number of hydrogen-bond donors (Lipinski definition) is 1. The number of rotatable bonds is 0. The van der Waals surface area contributed by atoms with Crippen molar-refractivity contribution in [3.8, 4) is 0 Å². The maximum Gasteiger partial charge on any atom is 0.158 e. The van der Waals surface area contributed by atoms with Crippen molar-refractivity contribution in [2.45, 2.75) is 71.7 Å². The first-order valence-electron chi connectivity index (χ1n) is 10.5. The molecule has 0 bridgehead atoms. The Morgan fingerprint density at radius 2 is 2.00 bits per heavy atom. The SMILES string of the molecule is [2H]C([2H])([2H])C1=C[C@@]2(C)[C@@H](CC[C@@H]3[C@@H]2CC[C@]2(C)[C@@H](O)CC[C@@H]32)CC1=O. The van der Waals surface area contributed by atoms with Gasteiger partial charge >= 0.3 is 0 Å². The van der Waals surface area contributed by atoms with E-state index in [9.17, 15) is 9.90 Å². The summed E-state index contributed by atoms with van der Waals surface area (Å²) in [6, 6.07) is 0. The molecule has 0 aromatic rings. The second-order valence-corrected chi connectivity index (χ2v) is 8.84. The Labute approximate surface area is 138 Å². The fraction of sp³-hybridized carbons (Fsp3) is 0.850. The highest BCUT2D eigenvalue weighted by Gasteiger charge is 2.59. The van der Waals surface area contributed by atoms with Crippen molar-refractivity contribution in [1.82, 2.24) is 0 Å². The zero-order valence-electron chi connectivity index (χ0n) is 16.8. The maximum atomic E-state index is 12.4. The van der Waals surface area contributed by atoms with E-state index in [1.807, 2.05) is 6.08 Å². The number of hydrogen-bond acceptors (Lipinski definition) is 2. The number of aliphatic hydroxyl groups is 1. The lowest BCUT2D eigenvalue weighted by atomic mass is 9.46. The molecule has 0 heterocycles. The van der Waals surface area contributed by atoms with Gasteiger partial charge in [-0.2, -0.15) is 0 Å². The van der Waals surface area contributed by atoms with Crippen LogP contribution >= 0.6 is 0 Å². The van der Waals surface area contributed by atoms with Crippen molar-refractivity contribution in [2.75, 3.05) is 0 Å². The highest BCUT2D eigenvalue weighted by molar-refractivity contribution is 5.96. The summed E-state index contributed by atoms with van der Waals surface area (Å²) in [5, 5.41) is 10.5. The van der Waals surface area contributed by atoms with E-state index in [-0.39, 0.29) is 34.2 Å². The molecule has 4 rings (SSSR count). The lowest BCUT2D eigenvalue weighted by Crippen LogP contribution is -2.53. The van der Waals surface area contributed by atoms with Gasteiger partial charge in [0.15, 0.2) is 5.78 Å². The van der Waals surface area contributed by atoms with Crippen LogP contribution in [0.1, 0.15) is 69.8 Å². The minimum atomic E-state index is -2.30. The van der Waals surface area contributed by atoms with E-state index in [0.717, 1.165) is 38.5 Å². The summed E-state index contributed by atoms with van der Waals surface area (Å²) in [4.78, 5) is 12.4. The Morgan fingerprint density at radius 1 is 1.18 bits per heavy atom. The zero-order valence-corrected chi connectivity index (χ0v) is 13.8. The summed E-state index contributed by atoms with van der Waals surface area (Å²) in [7, 11) is 0.